The molecule has 1 fully saturated rings. The predicted octanol–water partition coefficient (Wildman–Crippen LogP) is 2.81. The Morgan fingerprint density at radius 1 is 1.35 bits per heavy atom. The number of carbonyl (C=O) groups excluding carboxylic acids is 2. The summed E-state index contributed by atoms with van der Waals surface area (Å²) >= 11 is 6.15. The van der Waals surface area contributed by atoms with Gasteiger partial charge in [-0.3, -0.25) is 0 Å². The molecule has 0 saturated carbocycles. The average molecular weight is 336 g/mol. The van der Waals surface area contributed by atoms with E-state index < -0.39 is 12.1 Å². The highest BCUT2D eigenvalue weighted by molar-refractivity contribution is 6.36. The van der Waals surface area contributed by atoms with E-state index in [4.69, 9.17) is 21.1 Å². The predicted molar refractivity (Wildman–Crippen MR) is 83.8 cm³/mol. The number of hydrogen-bond donors (Lipinski definition) is 1. The molecule has 1 saturated heterocycles. The highest BCUT2D eigenvalue weighted by atomic mass is 35.5. The van der Waals surface area contributed by atoms with Gasteiger partial charge in [-0.2, -0.15) is 0 Å². The first-order valence-corrected chi connectivity index (χ1v) is 7.45. The van der Waals surface area contributed by atoms with Crippen molar-refractivity contribution in [2.45, 2.75) is 0 Å². The van der Waals surface area contributed by atoms with E-state index in [1.807, 2.05) is 0 Å². The lowest BCUT2D eigenvalue weighted by Crippen LogP contribution is -2.29. The van der Waals surface area contributed by atoms with Gasteiger partial charge in [0.2, 0.25) is 0 Å². The van der Waals surface area contributed by atoms with Gasteiger partial charge in [0, 0.05) is 15.8 Å². The van der Waals surface area contributed by atoms with Gasteiger partial charge < -0.3 is 19.5 Å². The summed E-state index contributed by atoms with van der Waals surface area (Å²) in [6.45, 7) is 1.07. The van der Waals surface area contributed by atoms with Gasteiger partial charge in [-0.25, -0.2) is 9.59 Å². The smallest absolute Gasteiger partial charge is 0.410 e. The molecule has 7 heteroatoms. The number of fused-ring (bicyclic) bond motifs is 1. The van der Waals surface area contributed by atoms with Crippen molar-refractivity contribution in [3.63, 3.8) is 0 Å². The number of carbonyl (C=O) groups is 2. The molecule has 1 aliphatic heterocycles. The minimum atomic E-state index is -0.692. The number of amides is 1. The Morgan fingerprint density at radius 2 is 2.09 bits per heavy atom. The molecule has 6 nitrogen and oxygen atoms in total. The van der Waals surface area contributed by atoms with Crippen molar-refractivity contribution >= 4 is 34.4 Å². The van der Waals surface area contributed by atoms with E-state index >= 15 is 0 Å². The maximum absolute atomic E-state index is 12.1. The lowest BCUT2D eigenvalue weighted by atomic mass is 10.1. The third-order valence-corrected chi connectivity index (χ3v) is 3.94. The maximum Gasteiger partial charge on any atom is 0.410 e. The van der Waals surface area contributed by atoms with Crippen molar-refractivity contribution in [1.29, 1.82) is 0 Å². The molecule has 0 radical (unpaired) electrons. The molecular weight excluding hydrogens is 322 g/mol. The number of halogens is 1. The van der Waals surface area contributed by atoms with E-state index in [9.17, 15) is 14.7 Å². The van der Waals surface area contributed by atoms with Gasteiger partial charge in [-0.1, -0.05) is 35.9 Å². The van der Waals surface area contributed by atoms with Gasteiger partial charge in [0.25, 0.3) is 0 Å². The van der Waals surface area contributed by atoms with Gasteiger partial charge in [0.05, 0.1) is 13.1 Å². The first-order chi connectivity index (χ1) is 11.1. The van der Waals surface area contributed by atoms with Crippen molar-refractivity contribution < 1.29 is 24.2 Å². The Kier molecular flexibility index (Phi) is 4.25. The van der Waals surface area contributed by atoms with Crippen LogP contribution >= 0.6 is 11.6 Å². The molecule has 1 amide bonds. The quantitative estimate of drug-likeness (QED) is 0.869. The topological polar surface area (TPSA) is 76.1 Å². The molecule has 0 atom stereocenters. The van der Waals surface area contributed by atoms with Crippen LogP contribution in [0.3, 0.4) is 0 Å². The number of aromatic hydroxyl groups is 1. The molecule has 0 bridgehead atoms. The number of rotatable bonds is 4. The van der Waals surface area contributed by atoms with Crippen molar-refractivity contribution in [2.24, 2.45) is 0 Å². The lowest BCUT2D eigenvalue weighted by molar-refractivity contribution is 0.0474. The van der Waals surface area contributed by atoms with Gasteiger partial charge in [0.15, 0.2) is 0 Å². The second-order valence-electron chi connectivity index (χ2n) is 5.04. The molecule has 1 aliphatic rings. The molecule has 1 heterocycles. The zero-order valence-corrected chi connectivity index (χ0v) is 12.9. The minimum Gasteiger partial charge on any atom is -0.506 e. The summed E-state index contributed by atoms with van der Waals surface area (Å²) in [5.41, 5.74) is -0.00213. The van der Waals surface area contributed by atoms with Crippen molar-refractivity contribution in [3.8, 4) is 5.75 Å². The second-order valence-corrected chi connectivity index (χ2v) is 5.44. The average Bonchev–Trinajstić information content (AvgIpc) is 2.96. The maximum atomic E-state index is 12.1. The molecule has 0 aromatic heterocycles. The Labute approximate surface area is 137 Å². The minimum absolute atomic E-state index is 0.00213. The summed E-state index contributed by atoms with van der Waals surface area (Å²) in [5.74, 6) is -0.863. The largest absolute Gasteiger partial charge is 0.506 e. The fourth-order valence-corrected chi connectivity index (χ4v) is 2.70. The number of ether oxygens (including phenoxy) is 2. The Hall–Kier alpha value is -2.47. The highest BCUT2D eigenvalue weighted by Crippen LogP contribution is 2.34. The Bertz CT molecular complexity index is 776. The number of hydrogen-bond acceptors (Lipinski definition) is 5. The molecule has 2 aromatic carbocycles. The van der Waals surface area contributed by atoms with E-state index in [-0.39, 0.29) is 24.5 Å². The van der Waals surface area contributed by atoms with E-state index in [0.717, 1.165) is 0 Å². The van der Waals surface area contributed by atoms with Crippen LogP contribution in [0.2, 0.25) is 5.02 Å². The van der Waals surface area contributed by atoms with Crippen molar-refractivity contribution in [3.05, 3.63) is 40.9 Å². The third-order valence-electron chi connectivity index (χ3n) is 3.62. The number of cyclic esters (lactones) is 1. The van der Waals surface area contributed by atoms with Crippen LogP contribution in [0.15, 0.2) is 30.3 Å². The number of phenols is 1. The first-order valence-electron chi connectivity index (χ1n) is 7.07. The van der Waals surface area contributed by atoms with Crippen LogP contribution in [0, 0.1) is 0 Å². The van der Waals surface area contributed by atoms with Crippen LogP contribution in [-0.4, -0.2) is 48.4 Å². The molecule has 3 rings (SSSR count). The van der Waals surface area contributed by atoms with Gasteiger partial charge in [-0.05, 0) is 6.07 Å². The molecule has 0 unspecified atom stereocenters. The van der Waals surface area contributed by atoms with Gasteiger partial charge in [0.1, 0.15) is 24.5 Å². The van der Waals surface area contributed by atoms with Crippen LogP contribution in [0.25, 0.3) is 10.8 Å². The van der Waals surface area contributed by atoms with Crippen LogP contribution in [0.4, 0.5) is 4.79 Å². The molecule has 0 aliphatic carbocycles. The second kappa shape index (κ2) is 6.34. The van der Waals surface area contributed by atoms with Gasteiger partial charge in [-0.15, -0.1) is 0 Å². The molecule has 23 heavy (non-hydrogen) atoms. The van der Waals surface area contributed by atoms with E-state index in [2.05, 4.69) is 0 Å². The summed E-state index contributed by atoms with van der Waals surface area (Å²) in [4.78, 5) is 24.9. The number of phenolic OH excluding ortho intramolecular Hbond substituents is 1. The monoisotopic (exact) mass is 335 g/mol. The summed E-state index contributed by atoms with van der Waals surface area (Å²) < 4.78 is 9.90. The number of esters is 1. The molecule has 1 N–H and O–H groups in total. The molecule has 2 aromatic rings. The Balaban J connectivity index is 1.73. The molecule has 120 valence electrons. The fraction of sp³-hybridized carbons (Fsp3) is 0.250. The SMILES string of the molecule is O=C(OCCN1CCOC1=O)c1cc(Cl)c2ccccc2c1O. The number of benzene rings is 2. The fourth-order valence-electron chi connectivity index (χ4n) is 2.43. The van der Waals surface area contributed by atoms with Crippen LogP contribution < -0.4 is 0 Å². The van der Waals surface area contributed by atoms with E-state index in [1.165, 1.54) is 11.0 Å². The van der Waals surface area contributed by atoms with Crippen molar-refractivity contribution in [2.75, 3.05) is 26.3 Å². The summed E-state index contributed by atoms with van der Waals surface area (Å²) in [7, 11) is 0. The van der Waals surface area contributed by atoms with Crippen LogP contribution in [-0.2, 0) is 9.47 Å². The zero-order valence-electron chi connectivity index (χ0n) is 12.1. The van der Waals surface area contributed by atoms with Crippen molar-refractivity contribution in [1.82, 2.24) is 4.90 Å². The van der Waals surface area contributed by atoms with Crippen LogP contribution in [0.5, 0.6) is 5.75 Å². The zero-order chi connectivity index (χ0) is 16.4. The normalized spacial score (nSPS) is 14.1. The third kappa shape index (κ3) is 3.03. The first kappa shape index (κ1) is 15.4. The summed E-state index contributed by atoms with van der Waals surface area (Å²) in [6, 6.07) is 8.35. The highest BCUT2D eigenvalue weighted by Gasteiger charge is 2.22. The van der Waals surface area contributed by atoms with E-state index in [0.29, 0.717) is 28.9 Å². The van der Waals surface area contributed by atoms with E-state index in [1.54, 1.807) is 24.3 Å². The Morgan fingerprint density at radius 3 is 2.78 bits per heavy atom. The standard InChI is InChI=1S/C16H14ClNO5/c17-13-9-12(14(19)11-4-2-1-3-10(11)13)15(20)22-7-5-18-6-8-23-16(18)21/h1-4,9,19H,5-8H2. The lowest BCUT2D eigenvalue weighted by Gasteiger charge is -2.13. The molecule has 0 spiro atoms. The van der Waals surface area contributed by atoms with Crippen LogP contribution in [0.1, 0.15) is 10.4 Å². The summed E-state index contributed by atoms with van der Waals surface area (Å²) in [5, 5.41) is 11.7. The number of nitrogens with zero attached hydrogens (tertiary/aromatic N) is 1. The molecular formula is C16H14ClNO5. The van der Waals surface area contributed by atoms with Gasteiger partial charge >= 0.3 is 12.1 Å². The summed E-state index contributed by atoms with van der Waals surface area (Å²) in [6.07, 6.45) is -0.419.